The standard InChI is InChI=1S/C12H18N2/c1-3-5-14-6-4-12-11(9-14)7-10(2)8-13-12/h7-8H,3-6,9H2,1-2H3. The summed E-state index contributed by atoms with van der Waals surface area (Å²) in [5.41, 5.74) is 4.02. The van der Waals surface area contributed by atoms with E-state index >= 15 is 0 Å². The maximum Gasteiger partial charge on any atom is 0.0461 e. The third-order valence-electron chi connectivity index (χ3n) is 2.80. The summed E-state index contributed by atoms with van der Waals surface area (Å²) in [6, 6.07) is 2.28. The van der Waals surface area contributed by atoms with Gasteiger partial charge in [-0.3, -0.25) is 9.88 Å². The molecule has 0 aromatic carbocycles. The lowest BCUT2D eigenvalue weighted by molar-refractivity contribution is 0.252. The Hall–Kier alpha value is -0.890. The lowest BCUT2D eigenvalue weighted by atomic mass is 10.0. The zero-order valence-electron chi connectivity index (χ0n) is 9.08. The smallest absolute Gasteiger partial charge is 0.0461 e. The summed E-state index contributed by atoms with van der Waals surface area (Å²) >= 11 is 0. The first-order valence-corrected chi connectivity index (χ1v) is 5.46. The summed E-state index contributed by atoms with van der Waals surface area (Å²) in [7, 11) is 0. The van der Waals surface area contributed by atoms with E-state index in [1.165, 1.54) is 36.3 Å². The molecule has 1 aromatic heterocycles. The van der Waals surface area contributed by atoms with E-state index in [2.05, 4.69) is 29.8 Å². The molecule has 0 bridgehead atoms. The quantitative estimate of drug-likeness (QED) is 0.710. The van der Waals surface area contributed by atoms with Gasteiger partial charge < -0.3 is 0 Å². The number of aryl methyl sites for hydroxylation is 1. The van der Waals surface area contributed by atoms with Crippen LogP contribution in [0.25, 0.3) is 0 Å². The van der Waals surface area contributed by atoms with Crippen LogP contribution in [0, 0.1) is 6.92 Å². The highest BCUT2D eigenvalue weighted by atomic mass is 15.1. The average Bonchev–Trinajstić information content (AvgIpc) is 2.17. The molecule has 0 aliphatic carbocycles. The molecule has 2 rings (SSSR count). The number of aromatic nitrogens is 1. The van der Waals surface area contributed by atoms with Crippen LogP contribution < -0.4 is 0 Å². The van der Waals surface area contributed by atoms with Gasteiger partial charge in [0.05, 0.1) is 0 Å². The summed E-state index contributed by atoms with van der Waals surface area (Å²) < 4.78 is 0. The molecule has 1 aromatic rings. The maximum atomic E-state index is 4.49. The van der Waals surface area contributed by atoms with Crippen molar-refractivity contribution in [3.05, 3.63) is 29.1 Å². The van der Waals surface area contributed by atoms with Gasteiger partial charge in [-0.15, -0.1) is 0 Å². The first-order chi connectivity index (χ1) is 6.79. The van der Waals surface area contributed by atoms with Crippen molar-refractivity contribution in [2.45, 2.75) is 33.2 Å². The SMILES string of the molecule is CCCN1CCc2ncc(C)cc2C1. The first kappa shape index (κ1) is 9.66. The van der Waals surface area contributed by atoms with E-state index in [1.54, 1.807) is 0 Å². The van der Waals surface area contributed by atoms with E-state index in [-0.39, 0.29) is 0 Å². The van der Waals surface area contributed by atoms with Gasteiger partial charge in [0.2, 0.25) is 0 Å². The van der Waals surface area contributed by atoms with Crippen LogP contribution in [0.15, 0.2) is 12.3 Å². The lowest BCUT2D eigenvalue weighted by Crippen LogP contribution is -2.31. The normalized spacial score (nSPS) is 16.7. The zero-order valence-corrected chi connectivity index (χ0v) is 9.08. The highest BCUT2D eigenvalue weighted by Crippen LogP contribution is 2.17. The predicted octanol–water partition coefficient (Wildman–Crippen LogP) is 2.16. The molecule has 0 fully saturated rings. The Labute approximate surface area is 86.0 Å². The Morgan fingerprint density at radius 1 is 1.50 bits per heavy atom. The Bertz CT molecular complexity index is 320. The van der Waals surface area contributed by atoms with Gasteiger partial charge in [0, 0.05) is 31.4 Å². The number of nitrogens with zero attached hydrogens (tertiary/aromatic N) is 2. The number of hydrogen-bond acceptors (Lipinski definition) is 2. The molecule has 2 heteroatoms. The highest BCUT2D eigenvalue weighted by molar-refractivity contribution is 5.26. The van der Waals surface area contributed by atoms with Gasteiger partial charge in [0.15, 0.2) is 0 Å². The van der Waals surface area contributed by atoms with Crippen LogP contribution in [0.3, 0.4) is 0 Å². The van der Waals surface area contributed by atoms with E-state index in [9.17, 15) is 0 Å². The predicted molar refractivity (Wildman–Crippen MR) is 58.2 cm³/mol. The van der Waals surface area contributed by atoms with Gasteiger partial charge in [0.1, 0.15) is 0 Å². The van der Waals surface area contributed by atoms with Crippen LogP contribution in [0.5, 0.6) is 0 Å². The topological polar surface area (TPSA) is 16.1 Å². The second kappa shape index (κ2) is 4.09. The average molecular weight is 190 g/mol. The van der Waals surface area contributed by atoms with E-state index in [1.807, 2.05) is 6.20 Å². The van der Waals surface area contributed by atoms with Gasteiger partial charge >= 0.3 is 0 Å². The third-order valence-corrected chi connectivity index (χ3v) is 2.80. The van der Waals surface area contributed by atoms with Crippen molar-refractivity contribution >= 4 is 0 Å². The molecule has 2 nitrogen and oxygen atoms in total. The molecule has 0 atom stereocenters. The van der Waals surface area contributed by atoms with Gasteiger partial charge in [-0.25, -0.2) is 0 Å². The largest absolute Gasteiger partial charge is 0.299 e. The van der Waals surface area contributed by atoms with E-state index < -0.39 is 0 Å². The molecule has 0 amide bonds. The zero-order chi connectivity index (χ0) is 9.97. The van der Waals surface area contributed by atoms with Crippen LogP contribution in [0.4, 0.5) is 0 Å². The van der Waals surface area contributed by atoms with Crippen molar-refractivity contribution in [3.63, 3.8) is 0 Å². The minimum Gasteiger partial charge on any atom is -0.299 e. The minimum absolute atomic E-state index is 1.10. The maximum absolute atomic E-state index is 4.49. The van der Waals surface area contributed by atoms with E-state index in [4.69, 9.17) is 0 Å². The van der Waals surface area contributed by atoms with Crippen molar-refractivity contribution in [1.82, 2.24) is 9.88 Å². The summed E-state index contributed by atoms with van der Waals surface area (Å²) in [5, 5.41) is 0. The molecular weight excluding hydrogens is 172 g/mol. The summed E-state index contributed by atoms with van der Waals surface area (Å²) in [4.78, 5) is 7.00. The molecule has 0 N–H and O–H groups in total. The summed E-state index contributed by atoms with van der Waals surface area (Å²) in [6.45, 7) is 7.85. The van der Waals surface area contributed by atoms with Crippen molar-refractivity contribution in [2.75, 3.05) is 13.1 Å². The van der Waals surface area contributed by atoms with E-state index in [0.717, 1.165) is 13.0 Å². The first-order valence-electron chi connectivity index (χ1n) is 5.46. The van der Waals surface area contributed by atoms with Crippen molar-refractivity contribution in [2.24, 2.45) is 0 Å². The van der Waals surface area contributed by atoms with Crippen molar-refractivity contribution < 1.29 is 0 Å². The lowest BCUT2D eigenvalue weighted by Gasteiger charge is -2.27. The Morgan fingerprint density at radius 3 is 3.14 bits per heavy atom. The molecule has 76 valence electrons. The Kier molecular flexibility index (Phi) is 2.82. The number of hydrogen-bond donors (Lipinski definition) is 0. The van der Waals surface area contributed by atoms with Gasteiger partial charge in [-0.05, 0) is 31.0 Å². The molecule has 0 spiro atoms. The van der Waals surface area contributed by atoms with Gasteiger partial charge in [0.25, 0.3) is 0 Å². The third kappa shape index (κ3) is 1.95. The second-order valence-corrected chi connectivity index (χ2v) is 4.14. The van der Waals surface area contributed by atoms with Gasteiger partial charge in [-0.1, -0.05) is 13.0 Å². The Morgan fingerprint density at radius 2 is 2.36 bits per heavy atom. The van der Waals surface area contributed by atoms with Crippen LogP contribution in [-0.2, 0) is 13.0 Å². The van der Waals surface area contributed by atoms with Crippen LogP contribution in [0.2, 0.25) is 0 Å². The molecule has 0 saturated carbocycles. The monoisotopic (exact) mass is 190 g/mol. The molecule has 0 saturated heterocycles. The van der Waals surface area contributed by atoms with Crippen LogP contribution in [0.1, 0.15) is 30.2 Å². The molecule has 0 unspecified atom stereocenters. The van der Waals surface area contributed by atoms with Crippen molar-refractivity contribution in [3.8, 4) is 0 Å². The highest BCUT2D eigenvalue weighted by Gasteiger charge is 2.15. The molecule has 1 aliphatic rings. The Balaban J connectivity index is 2.16. The molecular formula is C12H18N2. The second-order valence-electron chi connectivity index (χ2n) is 4.14. The molecule has 2 heterocycles. The van der Waals surface area contributed by atoms with E-state index in [0.29, 0.717) is 0 Å². The minimum atomic E-state index is 1.10. The fourth-order valence-electron chi connectivity index (χ4n) is 2.11. The fourth-order valence-corrected chi connectivity index (χ4v) is 2.11. The van der Waals surface area contributed by atoms with Crippen LogP contribution >= 0.6 is 0 Å². The number of pyridine rings is 1. The molecule has 14 heavy (non-hydrogen) atoms. The number of fused-ring (bicyclic) bond motifs is 1. The summed E-state index contributed by atoms with van der Waals surface area (Å²) in [6.07, 6.45) is 4.35. The molecule has 1 aliphatic heterocycles. The fraction of sp³-hybridized carbons (Fsp3) is 0.583. The van der Waals surface area contributed by atoms with Gasteiger partial charge in [-0.2, -0.15) is 0 Å². The molecule has 0 radical (unpaired) electrons. The van der Waals surface area contributed by atoms with Crippen LogP contribution in [-0.4, -0.2) is 23.0 Å². The summed E-state index contributed by atoms with van der Waals surface area (Å²) in [5.74, 6) is 0. The van der Waals surface area contributed by atoms with Crippen molar-refractivity contribution in [1.29, 1.82) is 0 Å². The number of rotatable bonds is 2.